The molecule has 2 amide bonds. The lowest BCUT2D eigenvalue weighted by atomic mass is 10.1. The number of carbonyl (C=O) groups excluding carboxylic acids is 3. The highest BCUT2D eigenvalue weighted by molar-refractivity contribution is 6.39. The fourth-order valence-corrected chi connectivity index (χ4v) is 2.78. The number of ether oxygens (including phenoxy) is 2. The predicted molar refractivity (Wildman–Crippen MR) is 125 cm³/mol. The van der Waals surface area contributed by atoms with E-state index in [2.05, 4.69) is 15.8 Å². The summed E-state index contributed by atoms with van der Waals surface area (Å²) in [7, 11) is 1.43. The molecule has 2 N–H and O–H groups in total. The largest absolute Gasteiger partial charge is 0.493 e. The van der Waals surface area contributed by atoms with Crippen LogP contribution in [-0.4, -0.2) is 31.1 Å². The second-order valence-electron chi connectivity index (χ2n) is 6.85. The molecule has 170 valence electrons. The van der Waals surface area contributed by atoms with Crippen LogP contribution < -0.4 is 20.2 Å². The normalized spacial score (nSPS) is 10.2. The summed E-state index contributed by atoms with van der Waals surface area (Å²) in [6.45, 7) is 0. The standard InChI is InChI=1S/C25H20N4O5/c1-33-22-15-18(9-12-21(22)34-25(32)19-5-3-2-4-6-19)16-27-29-24(31)23(30)28-20-10-7-17(8-11-20)13-14-26/h2-12,15-16H,13H2,1H3,(H,28,30)(H,29,31)/b27-16+. The number of nitrogens with zero attached hydrogens (tertiary/aromatic N) is 2. The van der Waals surface area contributed by atoms with Gasteiger partial charge in [0, 0.05) is 5.69 Å². The maximum atomic E-state index is 12.3. The molecule has 0 aliphatic rings. The van der Waals surface area contributed by atoms with Gasteiger partial charge >= 0.3 is 17.8 Å². The third kappa shape index (κ3) is 6.51. The zero-order valence-electron chi connectivity index (χ0n) is 18.1. The Kier molecular flexibility index (Phi) is 8.08. The Bertz CT molecular complexity index is 1250. The Labute approximate surface area is 195 Å². The molecule has 9 nitrogen and oxygen atoms in total. The molecule has 0 spiro atoms. The van der Waals surface area contributed by atoms with Gasteiger partial charge in [0.15, 0.2) is 11.5 Å². The van der Waals surface area contributed by atoms with Crippen molar-refractivity contribution >= 4 is 29.7 Å². The highest BCUT2D eigenvalue weighted by atomic mass is 16.6. The molecule has 34 heavy (non-hydrogen) atoms. The van der Waals surface area contributed by atoms with Gasteiger partial charge in [0.2, 0.25) is 0 Å². The lowest BCUT2D eigenvalue weighted by Gasteiger charge is -2.10. The average molecular weight is 456 g/mol. The zero-order chi connectivity index (χ0) is 24.3. The number of hydrazone groups is 1. The molecule has 0 saturated carbocycles. The van der Waals surface area contributed by atoms with Gasteiger partial charge in [-0.3, -0.25) is 9.59 Å². The number of esters is 1. The molecule has 0 aliphatic carbocycles. The lowest BCUT2D eigenvalue weighted by Crippen LogP contribution is -2.32. The number of hydrogen-bond donors (Lipinski definition) is 2. The van der Waals surface area contributed by atoms with Crippen LogP contribution in [0.25, 0.3) is 0 Å². The number of carbonyl (C=O) groups is 3. The van der Waals surface area contributed by atoms with Gasteiger partial charge in [-0.15, -0.1) is 0 Å². The van der Waals surface area contributed by atoms with Crippen molar-refractivity contribution in [3.05, 3.63) is 89.5 Å². The molecule has 0 atom stereocenters. The number of nitriles is 1. The average Bonchev–Trinajstić information content (AvgIpc) is 2.86. The topological polar surface area (TPSA) is 130 Å². The van der Waals surface area contributed by atoms with Gasteiger partial charge in [-0.1, -0.05) is 30.3 Å². The number of benzene rings is 3. The van der Waals surface area contributed by atoms with Crippen molar-refractivity contribution < 1.29 is 23.9 Å². The van der Waals surface area contributed by atoms with E-state index >= 15 is 0 Å². The van der Waals surface area contributed by atoms with Crippen molar-refractivity contribution in [1.29, 1.82) is 5.26 Å². The number of rotatable bonds is 7. The van der Waals surface area contributed by atoms with E-state index in [0.29, 0.717) is 16.8 Å². The van der Waals surface area contributed by atoms with Crippen LogP contribution in [0.1, 0.15) is 21.5 Å². The van der Waals surface area contributed by atoms with Gasteiger partial charge in [-0.25, -0.2) is 10.2 Å². The molecule has 9 heteroatoms. The molecule has 0 aliphatic heterocycles. The molecule has 0 radical (unpaired) electrons. The first kappa shape index (κ1) is 23.7. The van der Waals surface area contributed by atoms with E-state index in [1.54, 1.807) is 66.7 Å². The fourth-order valence-electron chi connectivity index (χ4n) is 2.78. The van der Waals surface area contributed by atoms with Crippen LogP contribution in [0.15, 0.2) is 77.9 Å². The first-order chi connectivity index (χ1) is 16.5. The van der Waals surface area contributed by atoms with Gasteiger partial charge in [0.1, 0.15) is 0 Å². The summed E-state index contributed by atoms with van der Waals surface area (Å²) in [6, 6.07) is 21.8. The summed E-state index contributed by atoms with van der Waals surface area (Å²) < 4.78 is 10.7. The summed E-state index contributed by atoms with van der Waals surface area (Å²) in [5.74, 6) is -1.88. The smallest absolute Gasteiger partial charge is 0.343 e. The summed E-state index contributed by atoms with van der Waals surface area (Å²) in [5.41, 5.74) is 4.28. The molecular weight excluding hydrogens is 436 g/mol. The summed E-state index contributed by atoms with van der Waals surface area (Å²) in [5, 5.41) is 14.9. The van der Waals surface area contributed by atoms with Crippen LogP contribution >= 0.6 is 0 Å². The van der Waals surface area contributed by atoms with Crippen LogP contribution in [0.5, 0.6) is 11.5 Å². The Hall–Kier alpha value is -4.97. The predicted octanol–water partition coefficient (Wildman–Crippen LogP) is 3.07. The fraction of sp³-hybridized carbons (Fsp3) is 0.0800. The molecule has 3 aromatic carbocycles. The number of anilines is 1. The van der Waals surface area contributed by atoms with Crippen LogP contribution in [0.2, 0.25) is 0 Å². The van der Waals surface area contributed by atoms with Crippen molar-refractivity contribution in [3.63, 3.8) is 0 Å². The van der Waals surface area contributed by atoms with Crippen LogP contribution in [0, 0.1) is 11.3 Å². The molecule has 0 aromatic heterocycles. The first-order valence-corrected chi connectivity index (χ1v) is 10.1. The third-order valence-corrected chi connectivity index (χ3v) is 4.48. The lowest BCUT2D eigenvalue weighted by molar-refractivity contribution is -0.136. The number of hydrogen-bond acceptors (Lipinski definition) is 7. The Balaban J connectivity index is 1.57. The third-order valence-electron chi connectivity index (χ3n) is 4.48. The van der Waals surface area contributed by atoms with E-state index in [-0.39, 0.29) is 17.9 Å². The second kappa shape index (κ2) is 11.6. The van der Waals surface area contributed by atoms with Gasteiger partial charge in [-0.2, -0.15) is 10.4 Å². The molecule has 0 unspecified atom stereocenters. The molecule has 3 rings (SSSR count). The number of methoxy groups -OCH3 is 1. The Morgan fingerprint density at radius 2 is 1.71 bits per heavy atom. The van der Waals surface area contributed by atoms with Crippen LogP contribution in [0.3, 0.4) is 0 Å². The number of nitrogens with one attached hydrogen (secondary N) is 2. The minimum atomic E-state index is -0.960. The maximum Gasteiger partial charge on any atom is 0.343 e. The first-order valence-electron chi connectivity index (χ1n) is 10.1. The van der Waals surface area contributed by atoms with E-state index in [1.807, 2.05) is 6.07 Å². The molecule has 0 bridgehead atoms. The number of amides is 2. The Morgan fingerprint density at radius 3 is 2.38 bits per heavy atom. The minimum absolute atomic E-state index is 0.220. The highest BCUT2D eigenvalue weighted by Crippen LogP contribution is 2.28. The van der Waals surface area contributed by atoms with E-state index in [1.165, 1.54) is 19.4 Å². The zero-order valence-corrected chi connectivity index (χ0v) is 18.1. The minimum Gasteiger partial charge on any atom is -0.493 e. The second-order valence-corrected chi connectivity index (χ2v) is 6.85. The van der Waals surface area contributed by atoms with Gasteiger partial charge in [0.05, 0.1) is 31.4 Å². The molecular formula is C25H20N4O5. The van der Waals surface area contributed by atoms with E-state index in [4.69, 9.17) is 14.7 Å². The van der Waals surface area contributed by atoms with E-state index < -0.39 is 17.8 Å². The molecule has 0 saturated heterocycles. The van der Waals surface area contributed by atoms with Crippen molar-refractivity contribution in [2.24, 2.45) is 5.10 Å². The van der Waals surface area contributed by atoms with Gasteiger partial charge < -0.3 is 14.8 Å². The quantitative estimate of drug-likeness (QED) is 0.185. The Morgan fingerprint density at radius 1 is 0.971 bits per heavy atom. The molecule has 3 aromatic rings. The summed E-state index contributed by atoms with van der Waals surface area (Å²) >= 11 is 0. The maximum absolute atomic E-state index is 12.3. The molecule has 0 heterocycles. The summed E-state index contributed by atoms with van der Waals surface area (Å²) in [4.78, 5) is 36.2. The van der Waals surface area contributed by atoms with E-state index in [9.17, 15) is 14.4 Å². The van der Waals surface area contributed by atoms with Gasteiger partial charge in [-0.05, 0) is 53.6 Å². The van der Waals surface area contributed by atoms with Crippen LogP contribution in [-0.2, 0) is 16.0 Å². The van der Waals surface area contributed by atoms with Crippen molar-refractivity contribution in [2.75, 3.05) is 12.4 Å². The monoisotopic (exact) mass is 456 g/mol. The van der Waals surface area contributed by atoms with Gasteiger partial charge in [0.25, 0.3) is 0 Å². The summed E-state index contributed by atoms with van der Waals surface area (Å²) in [6.07, 6.45) is 1.57. The highest BCUT2D eigenvalue weighted by Gasteiger charge is 2.14. The van der Waals surface area contributed by atoms with Crippen molar-refractivity contribution in [3.8, 4) is 17.6 Å². The molecule has 0 fully saturated rings. The van der Waals surface area contributed by atoms with Crippen LogP contribution in [0.4, 0.5) is 5.69 Å². The SMILES string of the molecule is COc1cc(/C=N/NC(=O)C(=O)Nc2ccc(CC#N)cc2)ccc1OC(=O)c1ccccc1. The van der Waals surface area contributed by atoms with Crippen molar-refractivity contribution in [1.82, 2.24) is 5.43 Å². The van der Waals surface area contributed by atoms with Crippen molar-refractivity contribution in [2.45, 2.75) is 6.42 Å². The van der Waals surface area contributed by atoms with E-state index in [0.717, 1.165) is 5.56 Å².